The molecular formula is C14H27NO4. The van der Waals surface area contributed by atoms with Gasteiger partial charge in [0.2, 0.25) is 5.91 Å². The van der Waals surface area contributed by atoms with Gasteiger partial charge in [-0.2, -0.15) is 0 Å². The van der Waals surface area contributed by atoms with Crippen LogP contribution in [-0.4, -0.2) is 47.2 Å². The molecule has 0 aromatic carbocycles. The Morgan fingerprint density at radius 3 is 2.00 bits per heavy atom. The Morgan fingerprint density at radius 1 is 1.21 bits per heavy atom. The molecule has 0 aliphatic heterocycles. The van der Waals surface area contributed by atoms with Crippen LogP contribution < -0.4 is 0 Å². The summed E-state index contributed by atoms with van der Waals surface area (Å²) in [6.07, 6.45) is 0. The van der Waals surface area contributed by atoms with E-state index in [-0.39, 0.29) is 24.3 Å². The highest BCUT2D eigenvalue weighted by atomic mass is 16.5. The topological polar surface area (TPSA) is 66.8 Å². The molecule has 112 valence electrons. The number of carbonyl (C=O) groups excluding carboxylic acids is 1. The number of aliphatic carboxylic acids is 1. The average Bonchev–Trinajstić information content (AvgIpc) is 2.24. The lowest BCUT2D eigenvalue weighted by molar-refractivity contribution is -0.156. The van der Waals surface area contributed by atoms with Crippen molar-refractivity contribution in [3.63, 3.8) is 0 Å². The van der Waals surface area contributed by atoms with Crippen molar-refractivity contribution in [3.8, 4) is 0 Å². The summed E-state index contributed by atoms with van der Waals surface area (Å²) in [4.78, 5) is 24.7. The summed E-state index contributed by atoms with van der Waals surface area (Å²) in [5.74, 6) is -1.25. The summed E-state index contributed by atoms with van der Waals surface area (Å²) in [6.45, 7) is 11.2. The first-order valence-corrected chi connectivity index (χ1v) is 6.60. The fourth-order valence-electron chi connectivity index (χ4n) is 1.44. The van der Waals surface area contributed by atoms with Crippen molar-refractivity contribution in [2.45, 2.75) is 53.2 Å². The van der Waals surface area contributed by atoms with Gasteiger partial charge in [0.1, 0.15) is 0 Å². The van der Waals surface area contributed by atoms with E-state index in [4.69, 9.17) is 4.74 Å². The lowest BCUT2D eigenvalue weighted by atomic mass is 9.96. The van der Waals surface area contributed by atoms with E-state index in [1.807, 2.05) is 41.5 Å². The molecular weight excluding hydrogens is 246 g/mol. The maximum atomic E-state index is 12.2. The van der Waals surface area contributed by atoms with Crippen LogP contribution in [0, 0.1) is 11.8 Å². The third-order valence-electron chi connectivity index (χ3n) is 3.16. The van der Waals surface area contributed by atoms with Crippen LogP contribution in [0.5, 0.6) is 0 Å². The van der Waals surface area contributed by atoms with E-state index in [0.717, 1.165) is 0 Å². The van der Waals surface area contributed by atoms with Crippen LogP contribution in [-0.2, 0) is 14.3 Å². The summed E-state index contributed by atoms with van der Waals surface area (Å²) in [5, 5.41) is 9.24. The number of ether oxygens (including phenoxy) is 1. The van der Waals surface area contributed by atoms with Crippen molar-refractivity contribution in [2.75, 3.05) is 13.7 Å². The highest BCUT2D eigenvalue weighted by Gasteiger charge is 2.31. The molecule has 5 heteroatoms. The summed E-state index contributed by atoms with van der Waals surface area (Å²) < 4.78 is 5.49. The van der Waals surface area contributed by atoms with Crippen molar-refractivity contribution < 1.29 is 19.4 Å². The van der Waals surface area contributed by atoms with Gasteiger partial charge in [0.25, 0.3) is 0 Å². The second-order valence-corrected chi connectivity index (χ2v) is 6.26. The summed E-state index contributed by atoms with van der Waals surface area (Å²) in [6, 6.07) is -0.951. The zero-order valence-corrected chi connectivity index (χ0v) is 13.1. The molecule has 0 heterocycles. The predicted octanol–water partition coefficient (Wildman–Crippen LogP) is 2.01. The molecule has 2 atom stereocenters. The Labute approximate surface area is 115 Å². The first-order chi connectivity index (χ1) is 8.47. The summed E-state index contributed by atoms with van der Waals surface area (Å²) in [5.41, 5.74) is -0.429. The third-order valence-corrected chi connectivity index (χ3v) is 3.16. The molecule has 0 aromatic heterocycles. The molecule has 0 aliphatic carbocycles. The number of hydrogen-bond acceptors (Lipinski definition) is 3. The largest absolute Gasteiger partial charge is 0.480 e. The van der Waals surface area contributed by atoms with Gasteiger partial charge in [-0.25, -0.2) is 4.79 Å². The number of rotatable bonds is 6. The first kappa shape index (κ1) is 17.9. The Bertz CT molecular complexity index is 320. The van der Waals surface area contributed by atoms with E-state index in [1.165, 1.54) is 11.9 Å². The van der Waals surface area contributed by atoms with E-state index < -0.39 is 17.6 Å². The molecule has 5 nitrogen and oxygen atoms in total. The van der Waals surface area contributed by atoms with E-state index >= 15 is 0 Å². The van der Waals surface area contributed by atoms with Gasteiger partial charge in [-0.15, -0.1) is 0 Å². The van der Waals surface area contributed by atoms with Crippen LogP contribution in [0.25, 0.3) is 0 Å². The molecule has 0 bridgehead atoms. The van der Waals surface area contributed by atoms with Crippen LogP contribution in [0.2, 0.25) is 0 Å². The van der Waals surface area contributed by atoms with E-state index in [2.05, 4.69) is 0 Å². The van der Waals surface area contributed by atoms with Gasteiger partial charge in [0.15, 0.2) is 6.04 Å². The third kappa shape index (κ3) is 6.05. The highest BCUT2D eigenvalue weighted by Crippen LogP contribution is 2.16. The molecule has 0 aromatic rings. The molecule has 0 saturated heterocycles. The summed E-state index contributed by atoms with van der Waals surface area (Å²) >= 11 is 0. The maximum absolute atomic E-state index is 12.2. The number of likely N-dealkylation sites (N-methyl/N-ethyl adjacent to an activating group) is 1. The normalized spacial score (nSPS) is 15.2. The van der Waals surface area contributed by atoms with Crippen molar-refractivity contribution in [3.05, 3.63) is 0 Å². The second kappa shape index (κ2) is 6.89. The fraction of sp³-hybridized carbons (Fsp3) is 0.857. The van der Waals surface area contributed by atoms with Crippen LogP contribution in [0.3, 0.4) is 0 Å². The van der Waals surface area contributed by atoms with Crippen molar-refractivity contribution in [2.24, 2.45) is 11.8 Å². The van der Waals surface area contributed by atoms with E-state index in [9.17, 15) is 14.7 Å². The van der Waals surface area contributed by atoms with Gasteiger partial charge in [0, 0.05) is 13.0 Å². The summed E-state index contributed by atoms with van der Waals surface area (Å²) in [7, 11) is 1.52. The van der Waals surface area contributed by atoms with Gasteiger partial charge in [-0.05, 0) is 26.7 Å². The Kier molecular flexibility index (Phi) is 6.49. The molecule has 1 amide bonds. The number of nitrogens with zero attached hydrogens (tertiary/aromatic N) is 1. The average molecular weight is 273 g/mol. The van der Waals surface area contributed by atoms with Crippen LogP contribution in [0.15, 0.2) is 0 Å². The number of hydrogen-bond donors (Lipinski definition) is 1. The molecule has 1 N–H and O–H groups in total. The van der Waals surface area contributed by atoms with E-state index in [1.54, 1.807) is 0 Å². The molecule has 0 spiro atoms. The smallest absolute Gasteiger partial charge is 0.328 e. The van der Waals surface area contributed by atoms with Crippen LogP contribution >= 0.6 is 0 Å². The zero-order chi connectivity index (χ0) is 15.4. The van der Waals surface area contributed by atoms with Crippen molar-refractivity contribution in [1.29, 1.82) is 0 Å². The maximum Gasteiger partial charge on any atom is 0.328 e. The molecule has 0 radical (unpaired) electrons. The van der Waals surface area contributed by atoms with Gasteiger partial charge in [0.05, 0.1) is 12.2 Å². The number of amides is 1. The zero-order valence-electron chi connectivity index (χ0n) is 13.1. The van der Waals surface area contributed by atoms with Crippen LogP contribution in [0.1, 0.15) is 41.5 Å². The minimum Gasteiger partial charge on any atom is -0.480 e. The van der Waals surface area contributed by atoms with Crippen LogP contribution in [0.4, 0.5) is 0 Å². The molecule has 0 rings (SSSR count). The Morgan fingerprint density at radius 2 is 1.68 bits per heavy atom. The van der Waals surface area contributed by atoms with Crippen molar-refractivity contribution in [1.82, 2.24) is 4.90 Å². The fourth-order valence-corrected chi connectivity index (χ4v) is 1.44. The van der Waals surface area contributed by atoms with Gasteiger partial charge < -0.3 is 14.7 Å². The SMILES string of the molecule is CC(C)[C@H](C)C(=O)N(C)[C@@H](COC(C)(C)C)C(=O)O. The van der Waals surface area contributed by atoms with Gasteiger partial charge >= 0.3 is 5.97 Å². The lowest BCUT2D eigenvalue weighted by Crippen LogP contribution is -2.48. The van der Waals surface area contributed by atoms with Gasteiger partial charge in [-0.3, -0.25) is 4.79 Å². The lowest BCUT2D eigenvalue weighted by Gasteiger charge is -2.30. The number of carboxylic acids is 1. The quantitative estimate of drug-likeness (QED) is 0.804. The molecule has 19 heavy (non-hydrogen) atoms. The highest BCUT2D eigenvalue weighted by molar-refractivity contribution is 5.84. The minimum absolute atomic E-state index is 0.00805. The number of carbonyl (C=O) groups is 2. The monoisotopic (exact) mass is 273 g/mol. The standard InChI is InChI=1S/C14H27NO4/c1-9(2)10(3)12(16)15(7)11(13(17)18)8-19-14(4,5)6/h9-11H,8H2,1-7H3,(H,17,18)/t10-,11-/m0/s1. The minimum atomic E-state index is -1.05. The van der Waals surface area contributed by atoms with Gasteiger partial charge in [-0.1, -0.05) is 20.8 Å². The van der Waals surface area contributed by atoms with E-state index in [0.29, 0.717) is 0 Å². The second-order valence-electron chi connectivity index (χ2n) is 6.26. The molecule has 0 unspecified atom stereocenters. The Balaban J connectivity index is 4.80. The molecule has 0 fully saturated rings. The number of carboxylic acid groups (broad SMARTS) is 1. The predicted molar refractivity (Wildman–Crippen MR) is 73.9 cm³/mol. The molecule has 0 aliphatic rings. The molecule has 0 saturated carbocycles. The van der Waals surface area contributed by atoms with Crippen molar-refractivity contribution >= 4 is 11.9 Å². The first-order valence-electron chi connectivity index (χ1n) is 6.60. The Hall–Kier alpha value is -1.10.